The molecule has 6 fully saturated rings. The Morgan fingerprint density at radius 2 is 0.801 bits per heavy atom. The quantitative estimate of drug-likeness (QED) is 0.0719. The number of anilines is 4. The van der Waals surface area contributed by atoms with E-state index in [0.717, 1.165) is 208 Å². The fourth-order valence-electron chi connectivity index (χ4n) is 20.2. The maximum absolute atomic E-state index is 14.1. The molecule has 760 valence electrons. The van der Waals surface area contributed by atoms with Gasteiger partial charge in [-0.05, 0) is 299 Å². The molecule has 6 aliphatic rings. The monoisotopic (exact) mass is 1980 g/mol. The van der Waals surface area contributed by atoms with Crippen LogP contribution in [0.1, 0.15) is 111 Å². The number of aryl methyl sites for hydroxylation is 5. The van der Waals surface area contributed by atoms with E-state index in [4.69, 9.17) is 38.8 Å². The fraction of sp³-hybridized carbons (Fsp3) is 0.363. The molecule has 16 aromatic rings. The highest BCUT2D eigenvalue weighted by atomic mass is 19.1. The van der Waals surface area contributed by atoms with Crippen molar-refractivity contribution < 1.29 is 41.3 Å². The number of oxazole rings is 1. The number of methoxy groups -OCH3 is 5. The number of hydrogen-bond donors (Lipinski definition) is 3. The molecule has 1 aliphatic carbocycles. The van der Waals surface area contributed by atoms with Crippen LogP contribution in [0, 0.1) is 52.1 Å². The Bertz CT molecular complexity index is 7870. The van der Waals surface area contributed by atoms with Crippen molar-refractivity contribution >= 4 is 62.0 Å². The second kappa shape index (κ2) is 44.0. The number of hydrogen-bond acceptors (Lipinski definition) is 25. The van der Waals surface area contributed by atoms with E-state index in [1.807, 2.05) is 114 Å². The van der Waals surface area contributed by atoms with Crippen LogP contribution in [0.4, 0.5) is 35.9 Å². The van der Waals surface area contributed by atoms with Crippen LogP contribution in [-0.4, -0.2) is 216 Å². The minimum absolute atomic E-state index is 0.0445. The molecule has 5 aromatic carbocycles. The molecule has 1 saturated carbocycles. The number of nitrogens with two attached hydrogens (primary N) is 1. The van der Waals surface area contributed by atoms with Crippen LogP contribution >= 0.6 is 0 Å². The van der Waals surface area contributed by atoms with Crippen molar-refractivity contribution in [2.24, 2.45) is 5.73 Å². The first-order valence-electron chi connectivity index (χ1n) is 50.0. The summed E-state index contributed by atoms with van der Waals surface area (Å²) in [7, 11) is 13.8. The minimum Gasteiger partial charge on any atom is -0.494 e. The third-order valence-electron chi connectivity index (χ3n) is 28.7. The first kappa shape index (κ1) is 101. The van der Waals surface area contributed by atoms with E-state index in [1.54, 1.807) is 78.7 Å². The summed E-state index contributed by atoms with van der Waals surface area (Å²) in [4.78, 5) is 101. The van der Waals surface area contributed by atoms with Crippen LogP contribution in [0.25, 0.3) is 95.4 Å². The highest BCUT2D eigenvalue weighted by molar-refractivity contribution is 5.82. The van der Waals surface area contributed by atoms with Gasteiger partial charge in [0, 0.05) is 185 Å². The van der Waals surface area contributed by atoms with E-state index in [-0.39, 0.29) is 51.1 Å². The number of aromatic nitrogens is 10. The lowest BCUT2D eigenvalue weighted by molar-refractivity contribution is 0.249. The van der Waals surface area contributed by atoms with Gasteiger partial charge >= 0.3 is 0 Å². The van der Waals surface area contributed by atoms with Gasteiger partial charge in [-0.25, -0.2) is 38.1 Å². The molecule has 5 saturated heterocycles. The van der Waals surface area contributed by atoms with Crippen molar-refractivity contribution in [3.8, 4) is 84.9 Å². The number of likely N-dealkylation sites (tertiary alicyclic amines) is 1. The van der Waals surface area contributed by atoms with Gasteiger partial charge in [0.05, 0.1) is 81.1 Å². The number of piperidine rings is 4. The summed E-state index contributed by atoms with van der Waals surface area (Å²) < 4.78 is 81.7. The maximum Gasteiger partial charge on any atom is 0.258 e. The number of rotatable bonds is 18. The Morgan fingerprint density at radius 1 is 0.390 bits per heavy atom. The zero-order valence-electron chi connectivity index (χ0n) is 85.1. The molecular weight excluding hydrogens is 1860 g/mol. The molecule has 0 radical (unpaired) electrons. The van der Waals surface area contributed by atoms with Gasteiger partial charge in [-0.3, -0.25) is 46.0 Å². The van der Waals surface area contributed by atoms with E-state index in [0.29, 0.717) is 103 Å². The van der Waals surface area contributed by atoms with Crippen LogP contribution in [0.15, 0.2) is 223 Å². The number of pyridine rings is 6. The molecule has 146 heavy (non-hydrogen) atoms. The van der Waals surface area contributed by atoms with Gasteiger partial charge in [0.15, 0.2) is 57.7 Å². The summed E-state index contributed by atoms with van der Waals surface area (Å²) in [6, 6.07) is 50.0. The van der Waals surface area contributed by atoms with Gasteiger partial charge < -0.3 is 73.9 Å². The molecule has 11 aromatic heterocycles. The largest absolute Gasteiger partial charge is 0.494 e. The molecule has 16 heterocycles. The molecule has 33 heteroatoms. The van der Waals surface area contributed by atoms with E-state index in [1.165, 1.54) is 82.2 Å². The number of halogens is 3. The fourth-order valence-corrected chi connectivity index (χ4v) is 20.2. The smallest absolute Gasteiger partial charge is 0.258 e. The highest BCUT2D eigenvalue weighted by Crippen LogP contribution is 2.38. The second-order valence-electron chi connectivity index (χ2n) is 39.2. The lowest BCUT2D eigenvalue weighted by Crippen LogP contribution is -2.49. The standard InChI is InChI=1S/C25H30N4O3.C23H27FN4O2.C22H24FN3O2.C22H22N4O2.C21H23FN4O2/c1-16-12-20(28-10-8-19(9-11-28)26-18-5-6-18)15-29-24(30)14-21(27-25(16)29)17-4-7-22(31-2)23(13-17)32-3;1-15-11-18(27-9-7-17(8-10-27)26(2)3)14-28-22(29)13-20(25-23(15)28)16-5-6-21(30-4)19(24)12-16;1-14-10-17(15-6-8-25(2)9-7-15)13-26-21(27)12-19(24-22(14)26)16-4-5-20(28-3)18(23)11-16;1-14-24-20-5-2-15(11-21(20)28-14)16-10-18-3-4-19(13-26(18)22(27)12-16)25-8-6-17(23)7-9-25;1-13-8-16(25-7-6-23-14(2)11-25)12-26-20(27)10-18(24-21(13)26)15-4-5-19(28-3)17(22)9-15/h4,7,12-15,18-19,26H,5-6,8-11H2,1-3H3;5-6,11-14,17H,7-10H2,1-4H3;4-5,10-13,15H,6-9H2,1-3H3;2-5,10-13,17H,6-9,23H2,1H3;4-5,8-10,12,14,23H,6-7,11H2,1-3H3/t;;;;14-/m....0/s1. The van der Waals surface area contributed by atoms with E-state index in [9.17, 15) is 37.1 Å². The first-order valence-corrected chi connectivity index (χ1v) is 50.0. The SMILES string of the molecule is COc1ccc(-c2cc(=O)n3cc(C4CCN(C)CC4)cc(C)c3n2)cc1F.COc1ccc(-c2cc(=O)n3cc(N4CCC(N(C)C)CC4)cc(C)c3n2)cc1F.COc1ccc(-c2cc(=O)n3cc(N4CCC(NC5CC5)CC4)cc(C)c3n2)cc1OC.COc1ccc(-c2cc(=O)n3cc(N4CCN[C@@H](C)C4)cc(C)c3n2)cc1F.Cc1nc2ccc(-c3cc(=O)n4cc(N5CCC(N)CC5)ccc4c3)cc2o1. The molecule has 5 aliphatic heterocycles. The Kier molecular flexibility index (Phi) is 30.6. The molecule has 0 unspecified atom stereocenters. The number of benzene rings is 5. The van der Waals surface area contributed by atoms with Crippen LogP contribution in [0.5, 0.6) is 28.7 Å². The summed E-state index contributed by atoms with van der Waals surface area (Å²) in [5.74, 6) is 1.40. The van der Waals surface area contributed by atoms with Gasteiger partial charge in [-0.1, -0.05) is 12.1 Å². The van der Waals surface area contributed by atoms with Crippen molar-refractivity contribution in [2.45, 2.75) is 142 Å². The Balaban J connectivity index is 0.000000120. The summed E-state index contributed by atoms with van der Waals surface area (Å²) in [6.45, 7) is 22.4. The van der Waals surface area contributed by atoms with Crippen LogP contribution in [-0.2, 0) is 0 Å². The van der Waals surface area contributed by atoms with Gasteiger partial charge in [-0.15, -0.1) is 0 Å². The summed E-state index contributed by atoms with van der Waals surface area (Å²) in [5, 5.41) is 7.16. The summed E-state index contributed by atoms with van der Waals surface area (Å²) in [5.41, 5.74) is 25.6. The molecule has 22 rings (SSSR count). The van der Waals surface area contributed by atoms with Crippen molar-refractivity contribution in [3.63, 3.8) is 0 Å². The van der Waals surface area contributed by atoms with Crippen molar-refractivity contribution in [2.75, 3.05) is 148 Å². The lowest BCUT2D eigenvalue weighted by atomic mass is 9.90. The molecule has 1 atom stereocenters. The average Bonchev–Trinajstić information content (AvgIpc) is 0.927. The number of nitrogens with one attached hydrogen (secondary N) is 2. The van der Waals surface area contributed by atoms with Gasteiger partial charge in [-0.2, -0.15) is 0 Å². The number of fused-ring (bicyclic) bond motifs is 6. The predicted molar refractivity (Wildman–Crippen MR) is 569 cm³/mol. The first-order chi connectivity index (χ1) is 70.4. The van der Waals surface area contributed by atoms with Crippen LogP contribution in [0.3, 0.4) is 0 Å². The average molecular weight is 1980 g/mol. The van der Waals surface area contributed by atoms with E-state index >= 15 is 0 Å². The van der Waals surface area contributed by atoms with Crippen molar-refractivity contribution in [1.82, 2.24) is 67.4 Å². The van der Waals surface area contributed by atoms with Gasteiger partial charge in [0.2, 0.25) is 0 Å². The second-order valence-corrected chi connectivity index (χ2v) is 39.2. The van der Waals surface area contributed by atoms with Crippen molar-refractivity contribution in [1.29, 1.82) is 0 Å². The van der Waals surface area contributed by atoms with Crippen LogP contribution in [0.2, 0.25) is 0 Å². The predicted octanol–water partition coefficient (Wildman–Crippen LogP) is 16.3. The zero-order valence-corrected chi connectivity index (χ0v) is 85.1. The summed E-state index contributed by atoms with van der Waals surface area (Å²) in [6.07, 6.45) is 20.8. The van der Waals surface area contributed by atoms with Gasteiger partial charge in [0.25, 0.3) is 27.8 Å². The van der Waals surface area contributed by atoms with Gasteiger partial charge in [0.1, 0.15) is 28.1 Å². The maximum atomic E-state index is 14.1. The zero-order chi connectivity index (χ0) is 103. The van der Waals surface area contributed by atoms with E-state index < -0.39 is 17.5 Å². The summed E-state index contributed by atoms with van der Waals surface area (Å²) >= 11 is 0. The van der Waals surface area contributed by atoms with Crippen molar-refractivity contribution in [3.05, 3.63) is 298 Å². The molecule has 4 N–H and O–H groups in total. The Labute approximate surface area is 844 Å². The molecule has 0 amide bonds. The third kappa shape index (κ3) is 22.7. The topological polar surface area (TPSA) is 301 Å². The highest BCUT2D eigenvalue weighted by Gasteiger charge is 2.31. The number of nitrogens with zero attached hydrogens (tertiary/aromatic N) is 16. The Morgan fingerprint density at radius 3 is 1.26 bits per heavy atom. The minimum atomic E-state index is -0.484. The molecule has 0 spiro atoms. The molecule has 0 bridgehead atoms. The lowest BCUT2D eigenvalue weighted by Gasteiger charge is -2.36. The molecule has 30 nitrogen and oxygen atoms in total. The number of ether oxygens (including phenoxy) is 5. The van der Waals surface area contributed by atoms with Crippen LogP contribution < -0.4 is 87.4 Å². The normalized spacial score (nSPS) is 16.2. The third-order valence-corrected chi connectivity index (χ3v) is 28.7. The number of piperazine rings is 1. The Hall–Kier alpha value is -14.8. The van der Waals surface area contributed by atoms with E-state index in [2.05, 4.69) is 118 Å². The molecular formula is C113H126F3N19O11.